The average Bonchev–Trinajstić information content (AvgIpc) is 2.70. The third-order valence-electron chi connectivity index (χ3n) is 3.24. The van der Waals surface area contributed by atoms with Gasteiger partial charge in [0.2, 0.25) is 0 Å². The molecule has 2 fully saturated rings. The number of hydrogen-bond donors (Lipinski definition) is 0. The molecule has 0 unspecified atom stereocenters. The molecule has 0 aromatic carbocycles. The summed E-state index contributed by atoms with van der Waals surface area (Å²) in [7, 11) is 1.02. The molecule has 0 radical (unpaired) electrons. The summed E-state index contributed by atoms with van der Waals surface area (Å²) in [6.45, 7) is 4.78. The van der Waals surface area contributed by atoms with E-state index >= 15 is 0 Å². The van der Waals surface area contributed by atoms with Gasteiger partial charge < -0.3 is 0 Å². The first-order chi connectivity index (χ1) is 6.40. The fourth-order valence-electron chi connectivity index (χ4n) is 2.49. The molecule has 4 heteroatoms. The van der Waals surface area contributed by atoms with Crippen molar-refractivity contribution in [3.8, 4) is 0 Å². The van der Waals surface area contributed by atoms with Gasteiger partial charge in [0.1, 0.15) is 0 Å². The third-order valence-corrected chi connectivity index (χ3v) is 3.24. The second kappa shape index (κ2) is 4.33. The molecule has 0 spiro atoms. The summed E-state index contributed by atoms with van der Waals surface area (Å²) in [5, 5.41) is 0. The quantitative estimate of drug-likeness (QED) is 0.578. The van der Waals surface area contributed by atoms with Crippen LogP contribution in [-0.2, 0) is 4.70 Å². The van der Waals surface area contributed by atoms with Crippen LogP contribution in [0.1, 0.15) is 19.3 Å². The van der Waals surface area contributed by atoms with Crippen LogP contribution in [0.3, 0.4) is 0 Å². The van der Waals surface area contributed by atoms with Gasteiger partial charge in [-0.3, -0.25) is 0 Å². The first-order valence-electron chi connectivity index (χ1n) is 5.30. The van der Waals surface area contributed by atoms with Crippen molar-refractivity contribution in [1.82, 2.24) is 9.80 Å². The van der Waals surface area contributed by atoms with Gasteiger partial charge in [-0.1, -0.05) is 0 Å². The predicted molar refractivity (Wildman–Crippen MR) is 52.1 cm³/mol. The third kappa shape index (κ3) is 2.17. The molecule has 1 atom stereocenters. The Balaban J connectivity index is 1.79. The van der Waals surface area contributed by atoms with Crippen molar-refractivity contribution in [2.24, 2.45) is 0 Å². The predicted octanol–water partition coefficient (Wildman–Crippen LogP) is 0.164. The Morgan fingerprint density at radius 2 is 2.00 bits per heavy atom. The molecule has 0 N–H and O–H groups in total. The van der Waals surface area contributed by atoms with Crippen LogP contribution in [0.2, 0.25) is 0 Å². The molecule has 2 saturated heterocycles. The fourth-order valence-corrected chi connectivity index (χ4v) is 2.49. The van der Waals surface area contributed by atoms with Crippen molar-refractivity contribution in [2.75, 3.05) is 32.6 Å². The molecule has 2 aliphatic heterocycles. The fraction of sp³-hybridized carbons (Fsp3) is 1.00. The zero-order valence-electron chi connectivity index (χ0n) is 8.11. The molecule has 0 amide bonds. The molecular formula is C9H17BN2O. The van der Waals surface area contributed by atoms with Crippen LogP contribution < -0.4 is 0 Å². The van der Waals surface area contributed by atoms with Gasteiger partial charge in [-0.25, -0.2) is 0 Å². The van der Waals surface area contributed by atoms with Gasteiger partial charge in [0.15, 0.2) is 0 Å². The van der Waals surface area contributed by atoms with Crippen LogP contribution in [-0.4, -0.2) is 55.6 Å². The summed E-state index contributed by atoms with van der Waals surface area (Å²) >= 11 is 0. The van der Waals surface area contributed by atoms with Gasteiger partial charge in [-0.05, 0) is 0 Å². The van der Waals surface area contributed by atoms with E-state index in [1.807, 2.05) is 0 Å². The van der Waals surface area contributed by atoms with E-state index in [0.29, 0.717) is 6.44 Å². The molecule has 72 valence electrons. The molecule has 0 aromatic heterocycles. The number of nitrogens with zero attached hydrogens (tertiary/aromatic N) is 2. The van der Waals surface area contributed by atoms with Crippen molar-refractivity contribution in [2.45, 2.75) is 25.3 Å². The standard InChI is InChI=1S/C9H17BN2O/c13-10-8-11-6-3-9(7-11)12-4-1-2-5-12/h9H,1-8H2/t9-/m0/s1. The van der Waals surface area contributed by atoms with Crippen LogP contribution in [0, 0.1) is 0 Å². The van der Waals surface area contributed by atoms with Gasteiger partial charge in [0.05, 0.1) is 0 Å². The van der Waals surface area contributed by atoms with Crippen LogP contribution in [0.5, 0.6) is 0 Å². The molecule has 2 heterocycles. The first kappa shape index (κ1) is 9.34. The van der Waals surface area contributed by atoms with E-state index in [9.17, 15) is 4.70 Å². The molecule has 2 rings (SSSR count). The van der Waals surface area contributed by atoms with Crippen molar-refractivity contribution >= 4 is 7.15 Å². The Labute approximate surface area is 80.3 Å². The van der Waals surface area contributed by atoms with Gasteiger partial charge in [0.25, 0.3) is 0 Å². The van der Waals surface area contributed by atoms with E-state index in [-0.39, 0.29) is 0 Å². The van der Waals surface area contributed by atoms with E-state index in [1.54, 1.807) is 0 Å². The number of rotatable bonds is 3. The zero-order chi connectivity index (χ0) is 9.10. The van der Waals surface area contributed by atoms with Crippen LogP contribution >= 0.6 is 0 Å². The Morgan fingerprint density at radius 1 is 1.23 bits per heavy atom. The van der Waals surface area contributed by atoms with Crippen LogP contribution in [0.4, 0.5) is 0 Å². The molecule has 0 saturated carbocycles. The van der Waals surface area contributed by atoms with Gasteiger partial charge in [0, 0.05) is 0 Å². The summed E-state index contributed by atoms with van der Waals surface area (Å²) in [4.78, 5) is 4.85. The molecule has 0 bridgehead atoms. The maximum atomic E-state index is 10.3. The topological polar surface area (TPSA) is 23.6 Å². The number of hydrogen-bond acceptors (Lipinski definition) is 3. The molecule has 2 aliphatic rings. The van der Waals surface area contributed by atoms with E-state index in [1.165, 1.54) is 32.4 Å². The Bertz CT molecular complexity index is 182. The minimum absolute atomic E-state index is 0.629. The van der Waals surface area contributed by atoms with E-state index in [4.69, 9.17) is 0 Å². The molecule has 13 heavy (non-hydrogen) atoms. The molecular weight excluding hydrogens is 163 g/mol. The van der Waals surface area contributed by atoms with Crippen LogP contribution in [0.25, 0.3) is 0 Å². The second-order valence-corrected chi connectivity index (χ2v) is 4.11. The molecule has 3 nitrogen and oxygen atoms in total. The SMILES string of the molecule is O=BCN1CC[C@H](N2CCCC2)C1. The van der Waals surface area contributed by atoms with Crippen molar-refractivity contribution in [1.29, 1.82) is 0 Å². The van der Waals surface area contributed by atoms with E-state index in [0.717, 1.165) is 26.3 Å². The summed E-state index contributed by atoms with van der Waals surface area (Å²) in [6, 6.07) is 0.738. The number of likely N-dealkylation sites (tertiary alicyclic amines) is 2. The van der Waals surface area contributed by atoms with Crippen molar-refractivity contribution < 1.29 is 4.70 Å². The van der Waals surface area contributed by atoms with E-state index < -0.39 is 0 Å². The van der Waals surface area contributed by atoms with Crippen molar-refractivity contribution in [3.05, 3.63) is 0 Å². The van der Waals surface area contributed by atoms with Crippen molar-refractivity contribution in [3.63, 3.8) is 0 Å². The Morgan fingerprint density at radius 3 is 2.69 bits per heavy atom. The Hall–Kier alpha value is -0.215. The van der Waals surface area contributed by atoms with Gasteiger partial charge in [-0.15, -0.1) is 0 Å². The first-order valence-corrected chi connectivity index (χ1v) is 5.30. The zero-order valence-corrected chi connectivity index (χ0v) is 8.11. The van der Waals surface area contributed by atoms with E-state index in [2.05, 4.69) is 9.80 Å². The second-order valence-electron chi connectivity index (χ2n) is 4.11. The summed E-state index contributed by atoms with van der Waals surface area (Å²) in [5.41, 5.74) is 0. The monoisotopic (exact) mass is 180 g/mol. The molecule has 0 aromatic rings. The summed E-state index contributed by atoms with van der Waals surface area (Å²) in [6.07, 6.45) is 4.62. The van der Waals surface area contributed by atoms with Gasteiger partial charge in [-0.2, -0.15) is 0 Å². The van der Waals surface area contributed by atoms with Crippen LogP contribution in [0.15, 0.2) is 0 Å². The molecule has 0 aliphatic carbocycles. The minimum atomic E-state index is 0.629. The summed E-state index contributed by atoms with van der Waals surface area (Å²) < 4.78 is 10.3. The van der Waals surface area contributed by atoms with Gasteiger partial charge >= 0.3 is 79.6 Å². The average molecular weight is 180 g/mol. The summed E-state index contributed by atoms with van der Waals surface area (Å²) in [5.74, 6) is 0. The normalized spacial score (nSPS) is 30.9. The Kier molecular flexibility index (Phi) is 3.11. The maximum absolute atomic E-state index is 10.3.